The second-order valence-corrected chi connectivity index (χ2v) is 5.10. The molecule has 3 N–H and O–H groups in total. The molecule has 0 amide bonds. The van der Waals surface area contributed by atoms with Crippen LogP contribution in [0.5, 0.6) is 0 Å². The zero-order chi connectivity index (χ0) is 10.7. The number of piperidine rings is 1. The summed E-state index contributed by atoms with van der Waals surface area (Å²) in [4.78, 5) is 11.2. The number of rotatable bonds is 2. The van der Waals surface area contributed by atoms with Gasteiger partial charge in [-0.2, -0.15) is 0 Å². The molecule has 0 radical (unpaired) electrons. The third-order valence-electron chi connectivity index (χ3n) is 4.23. The molecule has 0 aromatic carbocycles. The number of quaternary nitrogens is 1. The maximum atomic E-state index is 11.2. The van der Waals surface area contributed by atoms with E-state index in [9.17, 15) is 9.90 Å². The van der Waals surface area contributed by atoms with Crippen LogP contribution in [0.3, 0.4) is 0 Å². The van der Waals surface area contributed by atoms with Gasteiger partial charge >= 0.3 is 5.97 Å². The number of carbonyl (C=O) groups is 1. The number of halogens is 1. The molecule has 2 unspecified atom stereocenters. The average molecular weight is 248 g/mol. The lowest BCUT2D eigenvalue weighted by molar-refractivity contribution is -0.665. The summed E-state index contributed by atoms with van der Waals surface area (Å²) in [6.45, 7) is 2.40. The molecule has 94 valence electrons. The van der Waals surface area contributed by atoms with Crippen LogP contribution in [0.15, 0.2) is 0 Å². The summed E-state index contributed by atoms with van der Waals surface area (Å²) in [5, 5.41) is 11.6. The molecule has 2 aliphatic rings. The molecule has 1 heterocycles. The van der Waals surface area contributed by atoms with Crippen molar-refractivity contribution >= 4 is 5.97 Å². The summed E-state index contributed by atoms with van der Waals surface area (Å²) in [7, 11) is 0. The molecule has 16 heavy (non-hydrogen) atoms. The molecule has 1 saturated carbocycles. The summed E-state index contributed by atoms with van der Waals surface area (Å²) in [5.41, 5.74) is 0. The number of aliphatic carboxylic acids is 1. The van der Waals surface area contributed by atoms with E-state index in [0.717, 1.165) is 19.3 Å². The predicted octanol–water partition coefficient (Wildman–Crippen LogP) is -2.15. The van der Waals surface area contributed by atoms with Gasteiger partial charge in [0.15, 0.2) is 0 Å². The van der Waals surface area contributed by atoms with Crippen molar-refractivity contribution in [2.75, 3.05) is 13.1 Å². The number of carboxylic acid groups (broad SMARTS) is 1. The lowest BCUT2D eigenvalue weighted by atomic mass is 9.70. The fraction of sp³-hybridized carbons (Fsp3) is 0.917. The van der Waals surface area contributed by atoms with Gasteiger partial charge in [-0.15, -0.1) is 0 Å². The summed E-state index contributed by atoms with van der Waals surface area (Å²) in [5.74, 6) is 0.581. The number of hydrogen-bond donors (Lipinski definition) is 2. The van der Waals surface area contributed by atoms with Crippen molar-refractivity contribution in [1.82, 2.24) is 0 Å². The first kappa shape index (κ1) is 13.8. The van der Waals surface area contributed by atoms with E-state index >= 15 is 0 Å². The molecule has 3 nitrogen and oxygen atoms in total. The minimum Gasteiger partial charge on any atom is -1.00 e. The molecule has 4 heteroatoms. The zero-order valence-corrected chi connectivity index (χ0v) is 10.5. The smallest absolute Gasteiger partial charge is 0.306 e. The second-order valence-electron chi connectivity index (χ2n) is 5.10. The Kier molecular flexibility index (Phi) is 5.56. The highest BCUT2D eigenvalue weighted by atomic mass is 35.5. The largest absolute Gasteiger partial charge is 1.00 e. The molecule has 0 aromatic rings. The van der Waals surface area contributed by atoms with E-state index in [4.69, 9.17) is 0 Å². The molecule has 1 aliphatic carbocycles. The van der Waals surface area contributed by atoms with Crippen LogP contribution >= 0.6 is 0 Å². The van der Waals surface area contributed by atoms with Crippen LogP contribution in [-0.2, 0) is 4.79 Å². The minimum atomic E-state index is -0.547. The van der Waals surface area contributed by atoms with Gasteiger partial charge in [-0.3, -0.25) is 4.79 Å². The molecule has 2 atom stereocenters. The Labute approximate surface area is 103 Å². The molecule has 1 saturated heterocycles. The topological polar surface area (TPSA) is 53.9 Å². The van der Waals surface area contributed by atoms with E-state index in [1.807, 2.05) is 0 Å². The summed E-state index contributed by atoms with van der Waals surface area (Å²) >= 11 is 0. The monoisotopic (exact) mass is 247 g/mol. The van der Waals surface area contributed by atoms with Gasteiger partial charge in [-0.1, -0.05) is 12.8 Å². The maximum absolute atomic E-state index is 11.2. The summed E-state index contributed by atoms with van der Waals surface area (Å²) < 4.78 is 0. The van der Waals surface area contributed by atoms with Crippen LogP contribution in [0, 0.1) is 17.8 Å². The maximum Gasteiger partial charge on any atom is 0.306 e. The zero-order valence-electron chi connectivity index (χ0n) is 9.70. The highest BCUT2D eigenvalue weighted by molar-refractivity contribution is 5.70. The van der Waals surface area contributed by atoms with Crippen molar-refractivity contribution in [3.05, 3.63) is 0 Å². The third-order valence-corrected chi connectivity index (χ3v) is 4.23. The number of carboxylic acids is 1. The van der Waals surface area contributed by atoms with E-state index in [1.54, 1.807) is 0 Å². The molecular weight excluding hydrogens is 226 g/mol. The third kappa shape index (κ3) is 3.11. The van der Waals surface area contributed by atoms with Gasteiger partial charge in [-0.05, 0) is 37.5 Å². The van der Waals surface area contributed by atoms with Crippen molar-refractivity contribution in [3.63, 3.8) is 0 Å². The van der Waals surface area contributed by atoms with Crippen LogP contribution in [0.1, 0.15) is 38.5 Å². The second kappa shape index (κ2) is 6.45. The molecule has 2 rings (SSSR count). The molecule has 1 aliphatic heterocycles. The Morgan fingerprint density at radius 1 is 1.06 bits per heavy atom. The van der Waals surface area contributed by atoms with Crippen molar-refractivity contribution in [2.45, 2.75) is 38.5 Å². The highest BCUT2D eigenvalue weighted by Gasteiger charge is 2.36. The van der Waals surface area contributed by atoms with Gasteiger partial charge in [0.1, 0.15) is 0 Å². The predicted molar refractivity (Wildman–Crippen MR) is 57.5 cm³/mol. The normalized spacial score (nSPS) is 31.8. The number of hydrogen-bond acceptors (Lipinski definition) is 1. The van der Waals surface area contributed by atoms with Crippen molar-refractivity contribution in [1.29, 1.82) is 0 Å². The Hall–Kier alpha value is -0.280. The fourth-order valence-electron chi connectivity index (χ4n) is 3.41. The molecule has 0 aromatic heterocycles. The Balaban J connectivity index is 0.00000128. The summed E-state index contributed by atoms with van der Waals surface area (Å²) in [6.07, 6.45) is 6.89. The van der Waals surface area contributed by atoms with Gasteiger partial charge in [0.2, 0.25) is 0 Å². The van der Waals surface area contributed by atoms with Gasteiger partial charge in [0.05, 0.1) is 19.0 Å². The molecule has 0 bridgehead atoms. The molecule has 2 fully saturated rings. The van der Waals surface area contributed by atoms with Gasteiger partial charge < -0.3 is 22.8 Å². The van der Waals surface area contributed by atoms with Crippen molar-refractivity contribution < 1.29 is 27.6 Å². The minimum absolute atomic E-state index is 0. The van der Waals surface area contributed by atoms with Crippen LogP contribution in [-0.4, -0.2) is 24.2 Å². The first-order valence-corrected chi connectivity index (χ1v) is 6.33. The first-order chi connectivity index (χ1) is 7.29. The number of nitrogens with two attached hydrogens (primary N) is 1. The average Bonchev–Trinajstić information content (AvgIpc) is 2.30. The fourth-order valence-corrected chi connectivity index (χ4v) is 3.41. The summed E-state index contributed by atoms with van der Waals surface area (Å²) in [6, 6.07) is 0. The van der Waals surface area contributed by atoms with Crippen LogP contribution in [0.2, 0.25) is 0 Å². The quantitative estimate of drug-likeness (QED) is 0.585. The van der Waals surface area contributed by atoms with E-state index in [2.05, 4.69) is 5.32 Å². The van der Waals surface area contributed by atoms with Crippen LogP contribution < -0.4 is 17.7 Å². The Bertz CT molecular complexity index is 229. The van der Waals surface area contributed by atoms with E-state index in [-0.39, 0.29) is 18.3 Å². The lowest BCUT2D eigenvalue weighted by Gasteiger charge is -2.36. The molecular formula is C12H22ClNO2. The Morgan fingerprint density at radius 2 is 1.69 bits per heavy atom. The van der Waals surface area contributed by atoms with E-state index in [1.165, 1.54) is 32.4 Å². The highest BCUT2D eigenvalue weighted by Crippen LogP contribution is 2.38. The van der Waals surface area contributed by atoms with Gasteiger partial charge in [-0.25, -0.2) is 0 Å². The van der Waals surface area contributed by atoms with Gasteiger partial charge in [0, 0.05) is 0 Å². The van der Waals surface area contributed by atoms with E-state index in [0.29, 0.717) is 11.8 Å². The van der Waals surface area contributed by atoms with Crippen molar-refractivity contribution in [3.8, 4) is 0 Å². The molecule has 0 spiro atoms. The lowest BCUT2D eigenvalue weighted by Crippen LogP contribution is -3.00. The van der Waals surface area contributed by atoms with Gasteiger partial charge in [0.25, 0.3) is 0 Å². The standard InChI is InChI=1S/C12H21NO2.ClH/c14-12(15)11-4-2-1-3-10(11)9-5-7-13-8-6-9;/h9-11,13H,1-8H2,(H,14,15);1H. The SMILES string of the molecule is O=C(O)C1CCCCC1C1CC[NH2+]CC1.[Cl-]. The van der Waals surface area contributed by atoms with Crippen LogP contribution in [0.25, 0.3) is 0 Å². The first-order valence-electron chi connectivity index (χ1n) is 6.33. The van der Waals surface area contributed by atoms with Crippen molar-refractivity contribution in [2.24, 2.45) is 17.8 Å². The van der Waals surface area contributed by atoms with Crippen LogP contribution in [0.4, 0.5) is 0 Å². The van der Waals surface area contributed by atoms with E-state index < -0.39 is 5.97 Å². The Morgan fingerprint density at radius 3 is 2.31 bits per heavy atom.